The molecule has 2 atom stereocenters. The molecule has 6 heteroatoms. The minimum absolute atomic E-state index is 0.0925. The van der Waals surface area contributed by atoms with Crippen molar-refractivity contribution in [3.63, 3.8) is 0 Å². The first kappa shape index (κ1) is 13.0. The van der Waals surface area contributed by atoms with Gasteiger partial charge in [-0.3, -0.25) is 4.79 Å². The van der Waals surface area contributed by atoms with Crippen molar-refractivity contribution >= 4 is 5.91 Å². The molecule has 2 rings (SSSR count). The molecular formula is C12H20N4O2. The van der Waals surface area contributed by atoms with Crippen LogP contribution < -0.4 is 0 Å². The molecule has 1 aliphatic rings. The predicted molar refractivity (Wildman–Crippen MR) is 65.9 cm³/mol. The van der Waals surface area contributed by atoms with Crippen molar-refractivity contribution in [2.75, 3.05) is 26.3 Å². The summed E-state index contributed by atoms with van der Waals surface area (Å²) >= 11 is 0. The fourth-order valence-corrected chi connectivity index (χ4v) is 2.21. The number of ether oxygens (including phenoxy) is 1. The summed E-state index contributed by atoms with van der Waals surface area (Å²) in [7, 11) is 0. The van der Waals surface area contributed by atoms with Crippen LogP contribution in [0.4, 0.5) is 0 Å². The molecule has 0 saturated carbocycles. The lowest BCUT2D eigenvalue weighted by Gasteiger charge is -2.26. The molecule has 100 valence electrons. The Bertz CT molecular complexity index is 373. The second kappa shape index (κ2) is 5.95. The molecule has 0 aromatic carbocycles. The number of carbonyl (C=O) groups is 1. The van der Waals surface area contributed by atoms with E-state index in [0.717, 1.165) is 26.2 Å². The molecule has 2 heterocycles. The molecule has 1 aromatic heterocycles. The van der Waals surface area contributed by atoms with Crippen LogP contribution >= 0.6 is 0 Å². The quantitative estimate of drug-likeness (QED) is 0.775. The number of aromatic nitrogens is 3. The first-order valence-electron chi connectivity index (χ1n) is 6.43. The van der Waals surface area contributed by atoms with Crippen molar-refractivity contribution in [2.24, 2.45) is 5.92 Å². The van der Waals surface area contributed by atoms with Crippen LogP contribution in [0.5, 0.6) is 0 Å². The third-order valence-electron chi connectivity index (χ3n) is 3.39. The molecule has 1 saturated heterocycles. The lowest BCUT2D eigenvalue weighted by atomic mass is 10.1. The van der Waals surface area contributed by atoms with Gasteiger partial charge in [0.15, 0.2) is 0 Å². The normalized spacial score (nSPS) is 20.9. The van der Waals surface area contributed by atoms with E-state index in [1.54, 1.807) is 11.0 Å². The van der Waals surface area contributed by atoms with E-state index >= 15 is 0 Å². The summed E-state index contributed by atoms with van der Waals surface area (Å²) < 4.78 is 6.94. The van der Waals surface area contributed by atoms with E-state index in [-0.39, 0.29) is 11.9 Å². The highest BCUT2D eigenvalue weighted by Crippen LogP contribution is 2.16. The Labute approximate surface area is 107 Å². The fraction of sp³-hybridized carbons (Fsp3) is 0.750. The molecule has 0 unspecified atom stereocenters. The maximum absolute atomic E-state index is 12.4. The minimum atomic E-state index is -0.297. The molecule has 0 N–H and O–H groups in total. The first-order chi connectivity index (χ1) is 8.72. The Kier molecular flexibility index (Phi) is 4.30. The number of likely N-dealkylation sites (N-methyl/N-ethyl adjacent to an activating group) is 1. The summed E-state index contributed by atoms with van der Waals surface area (Å²) in [6.45, 7) is 6.92. The maximum Gasteiger partial charge on any atom is 0.247 e. The molecule has 0 radical (unpaired) electrons. The molecule has 1 aliphatic heterocycles. The van der Waals surface area contributed by atoms with Gasteiger partial charge in [0.2, 0.25) is 5.91 Å². The van der Waals surface area contributed by atoms with Crippen LogP contribution in [0.1, 0.15) is 26.3 Å². The van der Waals surface area contributed by atoms with Gasteiger partial charge in [-0.05, 0) is 20.3 Å². The molecule has 1 aromatic rings. The Morgan fingerprint density at radius 1 is 1.67 bits per heavy atom. The van der Waals surface area contributed by atoms with Crippen molar-refractivity contribution in [3.8, 4) is 0 Å². The van der Waals surface area contributed by atoms with Crippen LogP contribution in [0.15, 0.2) is 12.7 Å². The molecule has 0 bridgehead atoms. The van der Waals surface area contributed by atoms with Crippen molar-refractivity contribution < 1.29 is 9.53 Å². The molecule has 0 aliphatic carbocycles. The standard InChI is InChI=1S/C12H20N4O2/c1-3-15(6-11-4-5-18-7-11)12(17)10(2)16-9-13-8-14-16/h8-11H,3-7H2,1-2H3/t10-,11+/m1/s1. The number of rotatable bonds is 5. The second-order valence-electron chi connectivity index (χ2n) is 4.66. The Balaban J connectivity index is 1.96. The molecule has 0 spiro atoms. The van der Waals surface area contributed by atoms with Gasteiger partial charge in [-0.15, -0.1) is 0 Å². The minimum Gasteiger partial charge on any atom is -0.381 e. The van der Waals surface area contributed by atoms with Gasteiger partial charge >= 0.3 is 0 Å². The zero-order chi connectivity index (χ0) is 13.0. The summed E-state index contributed by atoms with van der Waals surface area (Å²) in [6.07, 6.45) is 4.07. The van der Waals surface area contributed by atoms with E-state index < -0.39 is 0 Å². The summed E-state index contributed by atoms with van der Waals surface area (Å²) in [5.41, 5.74) is 0. The van der Waals surface area contributed by atoms with Crippen LogP contribution in [-0.4, -0.2) is 51.9 Å². The Morgan fingerprint density at radius 2 is 2.50 bits per heavy atom. The van der Waals surface area contributed by atoms with E-state index in [0.29, 0.717) is 12.5 Å². The van der Waals surface area contributed by atoms with Gasteiger partial charge in [0.25, 0.3) is 0 Å². The smallest absolute Gasteiger partial charge is 0.247 e. The lowest BCUT2D eigenvalue weighted by Crippen LogP contribution is -2.39. The van der Waals surface area contributed by atoms with Crippen molar-refractivity contribution in [1.29, 1.82) is 0 Å². The number of hydrogen-bond donors (Lipinski definition) is 0. The van der Waals surface area contributed by atoms with Crippen LogP contribution in [0.25, 0.3) is 0 Å². The summed E-state index contributed by atoms with van der Waals surface area (Å²) in [5.74, 6) is 0.562. The van der Waals surface area contributed by atoms with Crippen molar-refractivity contribution in [1.82, 2.24) is 19.7 Å². The highest BCUT2D eigenvalue weighted by molar-refractivity contribution is 5.79. The topological polar surface area (TPSA) is 60.2 Å². The van der Waals surface area contributed by atoms with E-state index in [1.807, 2.05) is 18.7 Å². The third-order valence-corrected chi connectivity index (χ3v) is 3.39. The second-order valence-corrected chi connectivity index (χ2v) is 4.66. The largest absolute Gasteiger partial charge is 0.381 e. The average Bonchev–Trinajstić information content (AvgIpc) is 3.06. The number of carbonyl (C=O) groups excluding carboxylic acids is 1. The van der Waals surface area contributed by atoms with Crippen molar-refractivity contribution in [2.45, 2.75) is 26.3 Å². The monoisotopic (exact) mass is 252 g/mol. The highest BCUT2D eigenvalue weighted by atomic mass is 16.5. The van der Waals surface area contributed by atoms with E-state index in [2.05, 4.69) is 10.1 Å². The van der Waals surface area contributed by atoms with E-state index in [1.165, 1.54) is 6.33 Å². The van der Waals surface area contributed by atoms with Crippen LogP contribution in [-0.2, 0) is 9.53 Å². The van der Waals surface area contributed by atoms with Crippen LogP contribution in [0.3, 0.4) is 0 Å². The van der Waals surface area contributed by atoms with Gasteiger partial charge < -0.3 is 9.64 Å². The maximum atomic E-state index is 12.4. The van der Waals surface area contributed by atoms with E-state index in [9.17, 15) is 4.79 Å². The molecule has 18 heavy (non-hydrogen) atoms. The Hall–Kier alpha value is -1.43. The van der Waals surface area contributed by atoms with Crippen LogP contribution in [0.2, 0.25) is 0 Å². The Morgan fingerprint density at radius 3 is 3.06 bits per heavy atom. The zero-order valence-electron chi connectivity index (χ0n) is 11.0. The summed E-state index contributed by atoms with van der Waals surface area (Å²) in [6, 6.07) is -0.297. The van der Waals surface area contributed by atoms with Gasteiger partial charge in [0, 0.05) is 25.6 Å². The predicted octanol–water partition coefficient (Wildman–Crippen LogP) is 0.724. The third kappa shape index (κ3) is 2.87. The number of nitrogens with zero attached hydrogens (tertiary/aromatic N) is 4. The fourth-order valence-electron chi connectivity index (χ4n) is 2.21. The zero-order valence-corrected chi connectivity index (χ0v) is 11.0. The first-order valence-corrected chi connectivity index (χ1v) is 6.43. The van der Waals surface area contributed by atoms with Gasteiger partial charge in [-0.25, -0.2) is 9.67 Å². The van der Waals surface area contributed by atoms with Crippen LogP contribution in [0, 0.1) is 5.92 Å². The average molecular weight is 252 g/mol. The van der Waals surface area contributed by atoms with Gasteiger partial charge in [-0.1, -0.05) is 0 Å². The molecular weight excluding hydrogens is 232 g/mol. The summed E-state index contributed by atoms with van der Waals surface area (Å²) in [4.78, 5) is 18.1. The molecule has 6 nitrogen and oxygen atoms in total. The van der Waals surface area contributed by atoms with Gasteiger partial charge in [0.1, 0.15) is 18.7 Å². The highest BCUT2D eigenvalue weighted by Gasteiger charge is 2.25. The number of amides is 1. The molecule has 1 amide bonds. The van der Waals surface area contributed by atoms with Gasteiger partial charge in [-0.2, -0.15) is 5.10 Å². The van der Waals surface area contributed by atoms with E-state index in [4.69, 9.17) is 4.74 Å². The SMILES string of the molecule is CCN(C[C@@H]1CCOC1)C(=O)[C@@H](C)n1cncn1. The number of hydrogen-bond acceptors (Lipinski definition) is 4. The van der Waals surface area contributed by atoms with Crippen molar-refractivity contribution in [3.05, 3.63) is 12.7 Å². The summed E-state index contributed by atoms with van der Waals surface area (Å²) in [5, 5.41) is 4.02. The van der Waals surface area contributed by atoms with Gasteiger partial charge in [0.05, 0.1) is 6.61 Å². The lowest BCUT2D eigenvalue weighted by molar-refractivity contribution is -0.135. The molecule has 1 fully saturated rings.